The van der Waals surface area contributed by atoms with E-state index >= 15 is 0 Å². The van der Waals surface area contributed by atoms with Crippen LogP contribution >= 0.6 is 0 Å². The van der Waals surface area contributed by atoms with Gasteiger partial charge in [-0.2, -0.15) is 0 Å². The molecule has 0 fully saturated rings. The molecule has 0 heterocycles. The van der Waals surface area contributed by atoms with Gasteiger partial charge in [0.15, 0.2) is 0 Å². The molecule has 0 saturated heterocycles. The second kappa shape index (κ2) is 5.30. The Labute approximate surface area is 77.1 Å². The number of allylic oxidation sites excluding steroid dienone is 3. The fourth-order valence-corrected chi connectivity index (χ4v) is 0.752. The van der Waals surface area contributed by atoms with Crippen molar-refractivity contribution in [1.29, 1.82) is 0 Å². The zero-order valence-corrected chi connectivity index (χ0v) is 7.80. The van der Waals surface area contributed by atoms with E-state index in [1.54, 1.807) is 13.8 Å². The summed E-state index contributed by atoms with van der Waals surface area (Å²) in [7, 11) is 0. The highest BCUT2D eigenvalue weighted by Crippen LogP contribution is 2.11. The largest absolute Gasteiger partial charge is 0.478 e. The van der Waals surface area contributed by atoms with E-state index in [2.05, 4.69) is 6.58 Å². The lowest BCUT2D eigenvalue weighted by Crippen LogP contribution is -2.02. The van der Waals surface area contributed by atoms with Crippen LogP contribution in [0.1, 0.15) is 13.8 Å². The Morgan fingerprint density at radius 3 is 2.38 bits per heavy atom. The number of carboxylic acid groups (broad SMARTS) is 1. The molecule has 2 nitrogen and oxygen atoms in total. The maximum absolute atomic E-state index is 12.2. The molecule has 0 aliphatic carbocycles. The first kappa shape index (κ1) is 11.6. The van der Waals surface area contributed by atoms with E-state index in [-0.39, 0.29) is 5.57 Å². The molecule has 1 N–H and O–H groups in total. The first-order valence-electron chi connectivity index (χ1n) is 3.85. The van der Waals surface area contributed by atoms with E-state index < -0.39 is 12.6 Å². The summed E-state index contributed by atoms with van der Waals surface area (Å²) in [5, 5.41) is 8.70. The van der Waals surface area contributed by atoms with Crippen LogP contribution in [0.2, 0.25) is 0 Å². The van der Waals surface area contributed by atoms with Crippen LogP contribution in [-0.2, 0) is 4.79 Å². The van der Waals surface area contributed by atoms with Crippen LogP contribution in [0.25, 0.3) is 0 Å². The topological polar surface area (TPSA) is 37.3 Å². The molecular weight excluding hydrogens is 171 g/mol. The summed E-state index contributed by atoms with van der Waals surface area (Å²) < 4.78 is 12.2. The minimum atomic E-state index is -1.08. The monoisotopic (exact) mass is 184 g/mol. The minimum absolute atomic E-state index is 0.0470. The minimum Gasteiger partial charge on any atom is -0.478 e. The van der Waals surface area contributed by atoms with E-state index in [9.17, 15) is 9.18 Å². The first-order chi connectivity index (χ1) is 6.02. The van der Waals surface area contributed by atoms with Crippen molar-refractivity contribution in [2.45, 2.75) is 13.8 Å². The number of hydrogen-bond donors (Lipinski definition) is 1. The zero-order valence-electron chi connectivity index (χ0n) is 7.80. The average Bonchev–Trinajstić information content (AvgIpc) is 2.05. The Morgan fingerprint density at radius 1 is 1.62 bits per heavy atom. The molecule has 0 aromatic rings. The van der Waals surface area contributed by atoms with Crippen LogP contribution < -0.4 is 0 Å². The van der Waals surface area contributed by atoms with Crippen LogP contribution in [0, 0.1) is 0 Å². The number of halogens is 1. The number of aliphatic carboxylic acids is 1. The summed E-state index contributed by atoms with van der Waals surface area (Å²) in [6, 6.07) is 0. The van der Waals surface area contributed by atoms with Gasteiger partial charge in [-0.3, -0.25) is 0 Å². The molecule has 0 atom stereocenters. The van der Waals surface area contributed by atoms with E-state index in [0.29, 0.717) is 11.1 Å². The lowest BCUT2D eigenvalue weighted by atomic mass is 10.1. The Bertz CT molecular complexity index is 259. The van der Waals surface area contributed by atoms with Crippen LogP contribution in [0.4, 0.5) is 4.39 Å². The van der Waals surface area contributed by atoms with Crippen molar-refractivity contribution < 1.29 is 14.3 Å². The third kappa shape index (κ3) is 3.69. The van der Waals surface area contributed by atoms with Gasteiger partial charge in [-0.1, -0.05) is 12.7 Å². The molecule has 3 heteroatoms. The van der Waals surface area contributed by atoms with Gasteiger partial charge in [0.25, 0.3) is 0 Å². The Morgan fingerprint density at radius 2 is 2.15 bits per heavy atom. The Hall–Kier alpha value is -1.38. The average molecular weight is 184 g/mol. The number of carboxylic acids is 1. The third-order valence-electron chi connectivity index (χ3n) is 1.55. The Kier molecular flexibility index (Phi) is 4.74. The van der Waals surface area contributed by atoms with Crippen molar-refractivity contribution in [3.8, 4) is 0 Å². The standard InChI is InChI=1S/C10H13FO2/c1-4-8(6-11)5-9(7(2)3)10(12)13/h4-5H,2,6H2,1,3H3,(H,12,13)/b8-4+,9-5+. The van der Waals surface area contributed by atoms with Crippen molar-refractivity contribution in [2.24, 2.45) is 0 Å². The molecular formula is C10H13FO2. The quantitative estimate of drug-likeness (QED) is 0.538. The van der Waals surface area contributed by atoms with Gasteiger partial charge in [0.1, 0.15) is 6.67 Å². The van der Waals surface area contributed by atoms with Crippen molar-refractivity contribution in [3.63, 3.8) is 0 Å². The second-order valence-electron chi connectivity index (χ2n) is 2.64. The van der Waals surface area contributed by atoms with Gasteiger partial charge in [0.05, 0.1) is 5.57 Å². The van der Waals surface area contributed by atoms with Crippen LogP contribution in [-0.4, -0.2) is 17.8 Å². The lowest BCUT2D eigenvalue weighted by molar-refractivity contribution is -0.132. The number of alkyl halides is 1. The molecule has 0 unspecified atom stereocenters. The Balaban J connectivity index is 4.94. The van der Waals surface area contributed by atoms with Gasteiger partial charge < -0.3 is 5.11 Å². The zero-order chi connectivity index (χ0) is 10.4. The molecule has 0 spiro atoms. The smallest absolute Gasteiger partial charge is 0.335 e. The molecule has 0 aromatic heterocycles. The maximum atomic E-state index is 12.2. The van der Waals surface area contributed by atoms with E-state index in [0.717, 1.165) is 0 Å². The van der Waals surface area contributed by atoms with Crippen molar-refractivity contribution in [2.75, 3.05) is 6.67 Å². The highest BCUT2D eigenvalue weighted by molar-refractivity contribution is 5.91. The van der Waals surface area contributed by atoms with Gasteiger partial charge >= 0.3 is 5.97 Å². The first-order valence-corrected chi connectivity index (χ1v) is 3.85. The fraction of sp³-hybridized carbons (Fsp3) is 0.300. The number of rotatable bonds is 4. The predicted octanol–water partition coefficient (Wildman–Crippen LogP) is 2.49. The molecule has 13 heavy (non-hydrogen) atoms. The van der Waals surface area contributed by atoms with Crippen LogP contribution in [0.3, 0.4) is 0 Å². The molecule has 0 amide bonds. The van der Waals surface area contributed by atoms with Crippen LogP contribution in [0.5, 0.6) is 0 Å². The van der Waals surface area contributed by atoms with Gasteiger partial charge in [-0.05, 0) is 31.1 Å². The summed E-state index contributed by atoms with van der Waals surface area (Å²) >= 11 is 0. The highest BCUT2D eigenvalue weighted by atomic mass is 19.1. The van der Waals surface area contributed by atoms with Gasteiger partial charge in [-0.25, -0.2) is 9.18 Å². The highest BCUT2D eigenvalue weighted by Gasteiger charge is 2.07. The molecule has 0 rings (SSSR count). The molecule has 0 aromatic carbocycles. The molecule has 0 radical (unpaired) electrons. The van der Waals surface area contributed by atoms with Crippen LogP contribution in [0.15, 0.2) is 35.5 Å². The third-order valence-corrected chi connectivity index (χ3v) is 1.55. The van der Waals surface area contributed by atoms with E-state index in [1.165, 1.54) is 12.2 Å². The predicted molar refractivity (Wildman–Crippen MR) is 50.3 cm³/mol. The van der Waals surface area contributed by atoms with Crippen molar-refractivity contribution in [3.05, 3.63) is 35.5 Å². The van der Waals surface area contributed by atoms with Gasteiger partial charge in [0, 0.05) is 0 Å². The van der Waals surface area contributed by atoms with Gasteiger partial charge in [0.2, 0.25) is 0 Å². The SMILES string of the molecule is C=C(C)/C(=C\C(=C/C)CF)C(=O)O. The summed E-state index contributed by atoms with van der Waals surface area (Å²) in [5.74, 6) is -1.08. The van der Waals surface area contributed by atoms with E-state index in [1.807, 2.05) is 0 Å². The normalized spacial score (nSPS) is 12.8. The summed E-state index contributed by atoms with van der Waals surface area (Å²) in [4.78, 5) is 10.6. The molecule has 0 aliphatic rings. The van der Waals surface area contributed by atoms with Crippen molar-refractivity contribution in [1.82, 2.24) is 0 Å². The fourth-order valence-electron chi connectivity index (χ4n) is 0.752. The van der Waals surface area contributed by atoms with Crippen molar-refractivity contribution >= 4 is 5.97 Å². The number of carbonyl (C=O) groups is 1. The lowest BCUT2D eigenvalue weighted by Gasteiger charge is -2.01. The van der Waals surface area contributed by atoms with E-state index in [4.69, 9.17) is 5.11 Å². The number of hydrogen-bond acceptors (Lipinski definition) is 1. The van der Waals surface area contributed by atoms with Gasteiger partial charge in [-0.15, -0.1) is 0 Å². The maximum Gasteiger partial charge on any atom is 0.335 e. The second-order valence-corrected chi connectivity index (χ2v) is 2.64. The molecule has 0 saturated carbocycles. The summed E-state index contributed by atoms with van der Waals surface area (Å²) in [6.45, 7) is 6.06. The molecule has 0 aliphatic heterocycles. The molecule has 72 valence electrons. The molecule has 0 bridgehead atoms. The summed E-state index contributed by atoms with van der Waals surface area (Å²) in [6.07, 6.45) is 2.83. The summed E-state index contributed by atoms with van der Waals surface area (Å²) in [5.41, 5.74) is 0.812.